The molecular weight excluding hydrogens is 314 g/mol. The second kappa shape index (κ2) is 7.49. The van der Waals surface area contributed by atoms with Gasteiger partial charge in [-0.25, -0.2) is 0 Å². The van der Waals surface area contributed by atoms with Gasteiger partial charge in [-0.3, -0.25) is 0 Å². The molecule has 0 unspecified atom stereocenters. The summed E-state index contributed by atoms with van der Waals surface area (Å²) in [6.07, 6.45) is -4.06. The Labute approximate surface area is 132 Å². The second-order valence-electron chi connectivity index (χ2n) is 5.95. The normalized spacial score (nSPS) is 19.6. The van der Waals surface area contributed by atoms with Crippen molar-refractivity contribution in [3.05, 3.63) is 29.8 Å². The highest BCUT2D eigenvalue weighted by atomic mass is 19.3. The van der Waals surface area contributed by atoms with Crippen molar-refractivity contribution in [2.24, 2.45) is 11.7 Å². The molecule has 1 aliphatic rings. The van der Waals surface area contributed by atoms with Crippen LogP contribution >= 0.6 is 0 Å². The van der Waals surface area contributed by atoms with Crippen LogP contribution in [0.3, 0.4) is 0 Å². The SMILES string of the molecule is N[C@H](c1ccc(OC(F)(F)C(F)F)cc1)[C@@H](O)C1CCCCC1. The van der Waals surface area contributed by atoms with Crippen molar-refractivity contribution in [2.75, 3.05) is 0 Å². The van der Waals surface area contributed by atoms with Crippen molar-refractivity contribution in [2.45, 2.75) is 56.8 Å². The minimum atomic E-state index is -4.54. The van der Waals surface area contributed by atoms with Gasteiger partial charge in [0.05, 0.1) is 12.1 Å². The molecule has 1 aromatic carbocycles. The van der Waals surface area contributed by atoms with Crippen LogP contribution in [0.4, 0.5) is 17.6 Å². The van der Waals surface area contributed by atoms with E-state index in [0.29, 0.717) is 5.56 Å². The Hall–Kier alpha value is -1.34. The molecule has 130 valence electrons. The molecule has 0 aromatic heterocycles. The first kappa shape index (κ1) is 18.0. The van der Waals surface area contributed by atoms with E-state index in [4.69, 9.17) is 5.73 Å². The van der Waals surface area contributed by atoms with Gasteiger partial charge < -0.3 is 15.6 Å². The first-order valence-corrected chi connectivity index (χ1v) is 7.70. The van der Waals surface area contributed by atoms with E-state index >= 15 is 0 Å². The van der Waals surface area contributed by atoms with Gasteiger partial charge in [0, 0.05) is 0 Å². The fraction of sp³-hybridized carbons (Fsp3) is 0.625. The maximum atomic E-state index is 12.8. The maximum absolute atomic E-state index is 12.8. The fourth-order valence-corrected chi connectivity index (χ4v) is 2.93. The summed E-state index contributed by atoms with van der Waals surface area (Å²) in [5, 5.41) is 10.3. The van der Waals surface area contributed by atoms with E-state index in [0.717, 1.165) is 44.2 Å². The van der Waals surface area contributed by atoms with Crippen molar-refractivity contribution in [3.8, 4) is 5.75 Å². The summed E-state index contributed by atoms with van der Waals surface area (Å²) in [6.45, 7) is 0. The zero-order valence-electron chi connectivity index (χ0n) is 12.6. The summed E-state index contributed by atoms with van der Waals surface area (Å²) in [7, 11) is 0. The van der Waals surface area contributed by atoms with E-state index in [-0.39, 0.29) is 11.7 Å². The third-order valence-corrected chi connectivity index (χ3v) is 4.27. The first-order valence-electron chi connectivity index (χ1n) is 7.70. The second-order valence-corrected chi connectivity index (χ2v) is 5.95. The summed E-state index contributed by atoms with van der Waals surface area (Å²) in [6, 6.07) is 4.47. The molecular formula is C16H21F4NO2. The van der Waals surface area contributed by atoms with E-state index in [2.05, 4.69) is 4.74 Å². The lowest BCUT2D eigenvalue weighted by atomic mass is 9.81. The predicted octanol–water partition coefficient (Wildman–Crippen LogP) is 3.86. The monoisotopic (exact) mass is 335 g/mol. The molecule has 3 nitrogen and oxygen atoms in total. The molecule has 0 spiro atoms. The van der Waals surface area contributed by atoms with Crippen molar-refractivity contribution in [1.29, 1.82) is 0 Å². The van der Waals surface area contributed by atoms with E-state index in [1.54, 1.807) is 0 Å². The third kappa shape index (κ3) is 4.57. The smallest absolute Gasteiger partial charge is 0.428 e. The highest BCUT2D eigenvalue weighted by molar-refractivity contribution is 5.30. The lowest BCUT2D eigenvalue weighted by Crippen LogP contribution is -2.34. The Morgan fingerprint density at radius 3 is 2.17 bits per heavy atom. The van der Waals surface area contributed by atoms with E-state index in [1.807, 2.05) is 0 Å². The molecule has 0 amide bonds. The van der Waals surface area contributed by atoms with Crippen LogP contribution in [0, 0.1) is 5.92 Å². The number of hydrogen-bond acceptors (Lipinski definition) is 3. The van der Waals surface area contributed by atoms with Crippen molar-refractivity contribution in [3.63, 3.8) is 0 Å². The number of hydrogen-bond donors (Lipinski definition) is 2. The fourth-order valence-electron chi connectivity index (χ4n) is 2.93. The van der Waals surface area contributed by atoms with Crippen LogP contribution in [0.15, 0.2) is 24.3 Å². The minimum Gasteiger partial charge on any atom is -0.428 e. The molecule has 2 atom stereocenters. The number of nitrogens with two attached hydrogens (primary N) is 1. The van der Waals surface area contributed by atoms with Crippen molar-refractivity contribution < 1.29 is 27.4 Å². The Kier molecular flexibility index (Phi) is 5.86. The Bertz CT molecular complexity index is 489. The quantitative estimate of drug-likeness (QED) is 0.776. The van der Waals surface area contributed by atoms with Crippen LogP contribution in [-0.2, 0) is 0 Å². The van der Waals surface area contributed by atoms with E-state index in [1.165, 1.54) is 12.1 Å². The number of ether oxygens (including phenoxy) is 1. The maximum Gasteiger partial charge on any atom is 0.461 e. The molecule has 0 heterocycles. The molecule has 2 rings (SSSR count). The lowest BCUT2D eigenvalue weighted by Gasteiger charge is -2.30. The zero-order chi connectivity index (χ0) is 17.0. The van der Waals surface area contributed by atoms with E-state index in [9.17, 15) is 22.7 Å². The van der Waals surface area contributed by atoms with Gasteiger partial charge in [-0.15, -0.1) is 0 Å². The molecule has 1 saturated carbocycles. The average Bonchev–Trinajstić information content (AvgIpc) is 2.54. The molecule has 1 aliphatic carbocycles. The molecule has 0 aliphatic heterocycles. The topological polar surface area (TPSA) is 55.5 Å². The van der Waals surface area contributed by atoms with Crippen LogP contribution in [0.1, 0.15) is 43.7 Å². The average molecular weight is 335 g/mol. The van der Waals surface area contributed by atoms with Crippen LogP contribution in [0.2, 0.25) is 0 Å². The van der Waals surface area contributed by atoms with Gasteiger partial charge in [-0.05, 0) is 36.5 Å². The molecule has 1 aromatic rings. The molecule has 3 N–H and O–H groups in total. The lowest BCUT2D eigenvalue weighted by molar-refractivity contribution is -0.253. The summed E-state index contributed by atoms with van der Waals surface area (Å²) in [5.41, 5.74) is 6.59. The summed E-state index contributed by atoms with van der Waals surface area (Å²) >= 11 is 0. The summed E-state index contributed by atoms with van der Waals surface area (Å²) in [5.74, 6) is -0.253. The van der Waals surface area contributed by atoms with Crippen LogP contribution in [0.25, 0.3) is 0 Å². The summed E-state index contributed by atoms with van der Waals surface area (Å²) in [4.78, 5) is 0. The number of rotatable bonds is 6. The molecule has 0 bridgehead atoms. The van der Waals surface area contributed by atoms with Crippen LogP contribution in [-0.4, -0.2) is 23.7 Å². The number of alkyl halides is 4. The highest BCUT2D eigenvalue weighted by Gasteiger charge is 2.44. The number of aliphatic hydroxyl groups excluding tert-OH is 1. The number of benzene rings is 1. The number of aliphatic hydroxyl groups is 1. The minimum absolute atomic E-state index is 0.123. The van der Waals surface area contributed by atoms with Gasteiger partial charge in [0.2, 0.25) is 0 Å². The third-order valence-electron chi connectivity index (χ3n) is 4.27. The Balaban J connectivity index is 2.00. The molecule has 7 heteroatoms. The van der Waals surface area contributed by atoms with Gasteiger partial charge in [0.1, 0.15) is 5.75 Å². The predicted molar refractivity (Wildman–Crippen MR) is 77.5 cm³/mol. The van der Waals surface area contributed by atoms with Gasteiger partial charge in [0.15, 0.2) is 0 Å². The molecule has 0 saturated heterocycles. The number of halogens is 4. The zero-order valence-corrected chi connectivity index (χ0v) is 12.6. The highest BCUT2D eigenvalue weighted by Crippen LogP contribution is 2.32. The standard InChI is InChI=1S/C16H21F4NO2/c17-15(18)16(19,20)23-12-8-6-10(7-9-12)13(21)14(22)11-4-2-1-3-5-11/h6-9,11,13-15,22H,1-5,21H2/t13-,14+/m1/s1. The van der Waals surface area contributed by atoms with Crippen molar-refractivity contribution in [1.82, 2.24) is 0 Å². The Morgan fingerprint density at radius 1 is 1.09 bits per heavy atom. The largest absolute Gasteiger partial charge is 0.461 e. The van der Waals surface area contributed by atoms with Gasteiger partial charge >= 0.3 is 12.5 Å². The summed E-state index contributed by atoms with van der Waals surface area (Å²) < 4.78 is 53.8. The first-order chi connectivity index (χ1) is 10.8. The van der Waals surface area contributed by atoms with Gasteiger partial charge in [0.25, 0.3) is 0 Å². The molecule has 23 heavy (non-hydrogen) atoms. The van der Waals surface area contributed by atoms with Crippen molar-refractivity contribution >= 4 is 0 Å². The molecule has 0 radical (unpaired) electrons. The van der Waals surface area contributed by atoms with Crippen LogP contribution in [0.5, 0.6) is 5.75 Å². The van der Waals surface area contributed by atoms with E-state index < -0.39 is 24.7 Å². The molecule has 1 fully saturated rings. The Morgan fingerprint density at radius 2 is 1.65 bits per heavy atom. The van der Waals surface area contributed by atoms with Gasteiger partial charge in [-0.2, -0.15) is 17.6 Å². The van der Waals surface area contributed by atoms with Gasteiger partial charge in [-0.1, -0.05) is 31.4 Å². The van der Waals surface area contributed by atoms with Crippen LogP contribution < -0.4 is 10.5 Å².